The lowest BCUT2D eigenvalue weighted by atomic mass is 10.1. The standard InChI is InChI=1S/C18H25N3O3S/c22-18(19-16-5-6-16)13-20-8-10-21(11-9-20)25(23,24)17-7-4-14-2-1-3-15(14)12-17/h4,7,12,16H,1-3,5-6,8-11,13H2,(H,19,22). The molecule has 3 aliphatic rings. The van der Waals surface area contributed by atoms with Crippen LogP contribution in [-0.4, -0.2) is 62.3 Å². The highest BCUT2D eigenvalue weighted by Gasteiger charge is 2.30. The van der Waals surface area contributed by atoms with Gasteiger partial charge in [-0.25, -0.2) is 8.42 Å². The Kier molecular flexibility index (Phi) is 4.56. The second kappa shape index (κ2) is 6.70. The van der Waals surface area contributed by atoms with Crippen molar-refractivity contribution in [3.63, 3.8) is 0 Å². The summed E-state index contributed by atoms with van der Waals surface area (Å²) in [5.74, 6) is 0.0532. The molecule has 136 valence electrons. The van der Waals surface area contributed by atoms with Crippen LogP contribution in [0, 0.1) is 0 Å². The lowest BCUT2D eigenvalue weighted by molar-refractivity contribution is -0.122. The molecular formula is C18H25N3O3S. The van der Waals surface area contributed by atoms with Crippen LogP contribution in [0.25, 0.3) is 0 Å². The maximum absolute atomic E-state index is 12.9. The number of hydrogen-bond donors (Lipinski definition) is 1. The zero-order valence-electron chi connectivity index (χ0n) is 14.4. The van der Waals surface area contributed by atoms with Gasteiger partial charge in [-0.2, -0.15) is 4.31 Å². The van der Waals surface area contributed by atoms with Crippen molar-refractivity contribution in [2.45, 2.75) is 43.0 Å². The molecule has 1 heterocycles. The number of carbonyl (C=O) groups is 1. The Morgan fingerprint density at radius 1 is 1.08 bits per heavy atom. The summed E-state index contributed by atoms with van der Waals surface area (Å²) in [4.78, 5) is 14.3. The predicted molar refractivity (Wildman–Crippen MR) is 94.8 cm³/mol. The zero-order chi connectivity index (χ0) is 17.4. The first-order valence-corrected chi connectivity index (χ1v) is 10.6. The molecule has 1 aromatic carbocycles. The second-order valence-corrected chi connectivity index (χ2v) is 9.24. The minimum absolute atomic E-state index is 0.0532. The number of carbonyl (C=O) groups excluding carboxylic acids is 1. The first kappa shape index (κ1) is 17.0. The SMILES string of the molecule is O=C(CN1CCN(S(=O)(=O)c2ccc3c(c2)CCC3)CC1)NC1CC1. The Morgan fingerprint density at radius 2 is 1.80 bits per heavy atom. The largest absolute Gasteiger partial charge is 0.352 e. The maximum Gasteiger partial charge on any atom is 0.243 e. The smallest absolute Gasteiger partial charge is 0.243 e. The normalized spacial score (nSPS) is 21.9. The molecule has 25 heavy (non-hydrogen) atoms. The molecule has 6 nitrogen and oxygen atoms in total. The summed E-state index contributed by atoms with van der Waals surface area (Å²) in [5.41, 5.74) is 2.46. The van der Waals surface area contributed by atoms with Gasteiger partial charge >= 0.3 is 0 Å². The summed E-state index contributed by atoms with van der Waals surface area (Å²) in [5, 5.41) is 2.98. The molecule has 7 heteroatoms. The van der Waals surface area contributed by atoms with Gasteiger partial charge in [-0.05, 0) is 55.4 Å². The van der Waals surface area contributed by atoms with Gasteiger partial charge in [0.2, 0.25) is 15.9 Å². The minimum atomic E-state index is -3.44. The molecule has 1 amide bonds. The predicted octanol–water partition coefficient (Wildman–Crippen LogP) is 0.760. The van der Waals surface area contributed by atoms with Crippen molar-refractivity contribution in [1.82, 2.24) is 14.5 Å². The van der Waals surface area contributed by atoms with E-state index < -0.39 is 10.0 Å². The van der Waals surface area contributed by atoms with Crippen LogP contribution in [0.5, 0.6) is 0 Å². The highest BCUT2D eigenvalue weighted by Crippen LogP contribution is 2.26. The molecule has 2 aliphatic carbocycles. The zero-order valence-corrected chi connectivity index (χ0v) is 15.2. The molecule has 0 radical (unpaired) electrons. The van der Waals surface area contributed by atoms with E-state index in [1.807, 2.05) is 17.0 Å². The van der Waals surface area contributed by atoms with Gasteiger partial charge in [0.1, 0.15) is 0 Å². The Bertz CT molecular complexity index is 766. The third kappa shape index (κ3) is 3.73. The highest BCUT2D eigenvalue weighted by atomic mass is 32.2. The van der Waals surface area contributed by atoms with E-state index in [4.69, 9.17) is 0 Å². The summed E-state index contributed by atoms with van der Waals surface area (Å²) in [6.45, 7) is 2.44. The molecular weight excluding hydrogens is 338 g/mol. The van der Waals surface area contributed by atoms with Crippen LogP contribution in [0.15, 0.2) is 23.1 Å². The number of hydrogen-bond acceptors (Lipinski definition) is 4. The first-order chi connectivity index (χ1) is 12.0. The van der Waals surface area contributed by atoms with Crippen molar-refractivity contribution >= 4 is 15.9 Å². The first-order valence-electron chi connectivity index (χ1n) is 9.16. The van der Waals surface area contributed by atoms with Crippen LogP contribution in [0.3, 0.4) is 0 Å². The van der Waals surface area contributed by atoms with Crippen LogP contribution in [0.1, 0.15) is 30.4 Å². The number of piperazine rings is 1. The molecule has 2 fully saturated rings. The lowest BCUT2D eigenvalue weighted by Crippen LogP contribution is -2.51. The van der Waals surface area contributed by atoms with E-state index in [0.717, 1.165) is 32.1 Å². The number of rotatable bonds is 5. The van der Waals surface area contributed by atoms with E-state index in [1.165, 1.54) is 11.1 Å². The van der Waals surface area contributed by atoms with E-state index in [-0.39, 0.29) is 5.91 Å². The molecule has 0 unspecified atom stereocenters. The topological polar surface area (TPSA) is 69.7 Å². The van der Waals surface area contributed by atoms with Crippen molar-refractivity contribution in [1.29, 1.82) is 0 Å². The van der Waals surface area contributed by atoms with Gasteiger partial charge in [-0.1, -0.05) is 6.07 Å². The molecule has 1 aliphatic heterocycles. The van der Waals surface area contributed by atoms with Crippen LogP contribution in [-0.2, 0) is 27.7 Å². The second-order valence-electron chi connectivity index (χ2n) is 7.31. The maximum atomic E-state index is 12.9. The van der Waals surface area contributed by atoms with E-state index in [0.29, 0.717) is 43.7 Å². The van der Waals surface area contributed by atoms with Crippen molar-refractivity contribution in [2.75, 3.05) is 32.7 Å². The Labute approximate surface area is 149 Å². The third-order valence-electron chi connectivity index (χ3n) is 5.35. The van der Waals surface area contributed by atoms with Crippen molar-refractivity contribution in [2.24, 2.45) is 0 Å². The van der Waals surface area contributed by atoms with Gasteiger partial charge in [0, 0.05) is 32.2 Å². The number of benzene rings is 1. The van der Waals surface area contributed by atoms with Gasteiger partial charge in [-0.3, -0.25) is 9.69 Å². The minimum Gasteiger partial charge on any atom is -0.352 e. The summed E-state index contributed by atoms with van der Waals surface area (Å²) in [7, 11) is -3.44. The fourth-order valence-corrected chi connectivity index (χ4v) is 5.16. The average Bonchev–Trinajstić information content (AvgIpc) is 3.27. The summed E-state index contributed by atoms with van der Waals surface area (Å²) in [6.07, 6.45) is 5.30. The number of sulfonamides is 1. The van der Waals surface area contributed by atoms with Crippen molar-refractivity contribution in [3.8, 4) is 0 Å². The van der Waals surface area contributed by atoms with E-state index >= 15 is 0 Å². The van der Waals surface area contributed by atoms with Crippen molar-refractivity contribution < 1.29 is 13.2 Å². The molecule has 4 rings (SSSR count). The fraction of sp³-hybridized carbons (Fsp3) is 0.611. The molecule has 1 saturated carbocycles. The molecule has 0 bridgehead atoms. The van der Waals surface area contributed by atoms with Gasteiger partial charge in [0.25, 0.3) is 0 Å². The molecule has 1 N–H and O–H groups in total. The molecule has 0 atom stereocenters. The number of amides is 1. The lowest BCUT2D eigenvalue weighted by Gasteiger charge is -2.33. The summed E-state index contributed by atoms with van der Waals surface area (Å²) >= 11 is 0. The van der Waals surface area contributed by atoms with Crippen LogP contribution in [0.4, 0.5) is 0 Å². The number of nitrogens with zero attached hydrogens (tertiary/aromatic N) is 2. The van der Waals surface area contributed by atoms with Gasteiger partial charge < -0.3 is 5.32 Å². The number of fused-ring (bicyclic) bond motifs is 1. The molecule has 0 aromatic heterocycles. The average molecular weight is 363 g/mol. The van der Waals surface area contributed by atoms with Crippen LogP contribution >= 0.6 is 0 Å². The molecule has 1 saturated heterocycles. The Morgan fingerprint density at radius 3 is 2.52 bits per heavy atom. The Balaban J connectivity index is 1.36. The number of aryl methyl sites for hydroxylation is 2. The van der Waals surface area contributed by atoms with Crippen LogP contribution < -0.4 is 5.32 Å². The van der Waals surface area contributed by atoms with E-state index in [1.54, 1.807) is 10.4 Å². The van der Waals surface area contributed by atoms with Crippen LogP contribution in [0.2, 0.25) is 0 Å². The van der Waals surface area contributed by atoms with Gasteiger partial charge in [-0.15, -0.1) is 0 Å². The van der Waals surface area contributed by atoms with Gasteiger partial charge in [0.05, 0.1) is 11.4 Å². The van der Waals surface area contributed by atoms with E-state index in [2.05, 4.69) is 5.32 Å². The molecule has 0 spiro atoms. The van der Waals surface area contributed by atoms with Gasteiger partial charge in [0.15, 0.2) is 0 Å². The summed E-state index contributed by atoms with van der Waals surface area (Å²) in [6, 6.07) is 5.93. The molecule has 1 aromatic rings. The highest BCUT2D eigenvalue weighted by molar-refractivity contribution is 7.89. The third-order valence-corrected chi connectivity index (χ3v) is 7.24. The monoisotopic (exact) mass is 363 g/mol. The number of nitrogens with one attached hydrogen (secondary N) is 1. The van der Waals surface area contributed by atoms with E-state index in [9.17, 15) is 13.2 Å². The summed E-state index contributed by atoms with van der Waals surface area (Å²) < 4.78 is 27.4. The Hall–Kier alpha value is -1.44. The quantitative estimate of drug-likeness (QED) is 0.839. The fourth-order valence-electron chi connectivity index (χ4n) is 3.69. The van der Waals surface area contributed by atoms with Crippen molar-refractivity contribution in [3.05, 3.63) is 29.3 Å².